The van der Waals surface area contributed by atoms with Crippen molar-refractivity contribution < 1.29 is 19.1 Å². The second-order valence-corrected chi connectivity index (χ2v) is 10.9. The van der Waals surface area contributed by atoms with Gasteiger partial charge in [0.05, 0.1) is 0 Å². The third-order valence-corrected chi connectivity index (χ3v) is 7.07. The van der Waals surface area contributed by atoms with Crippen LogP contribution >= 0.6 is 0 Å². The average Bonchev–Trinajstić information content (AvgIpc) is 2.86. The van der Waals surface area contributed by atoms with E-state index >= 15 is 0 Å². The number of amides is 2. The summed E-state index contributed by atoms with van der Waals surface area (Å²) in [6.45, 7) is 13.9. The van der Waals surface area contributed by atoms with Crippen LogP contribution in [0.25, 0.3) is 0 Å². The van der Waals surface area contributed by atoms with Gasteiger partial charge in [-0.15, -0.1) is 0 Å². The number of aryl methyl sites for hydroxylation is 6. The first-order valence-electron chi connectivity index (χ1n) is 13.6. The molecule has 40 heavy (non-hydrogen) atoms. The SMILES string of the molecule is Cc1cc(C)c(OC(=O)NC2=CC=C(Cc3ccc(NC(=O)Oc4c(C)cc(C)cc4C)cc3)CC2C)c(C)c1. The lowest BCUT2D eigenvalue weighted by Gasteiger charge is -2.22. The highest BCUT2D eigenvalue weighted by Gasteiger charge is 2.19. The summed E-state index contributed by atoms with van der Waals surface area (Å²) < 4.78 is 11.2. The third-order valence-electron chi connectivity index (χ3n) is 7.07. The van der Waals surface area contributed by atoms with Crippen LogP contribution in [0.1, 0.15) is 52.3 Å². The maximum atomic E-state index is 12.6. The van der Waals surface area contributed by atoms with Crippen molar-refractivity contribution in [3.05, 3.63) is 111 Å². The molecule has 0 heterocycles. The molecule has 3 aromatic carbocycles. The summed E-state index contributed by atoms with van der Waals surface area (Å²) in [6.07, 6.45) is 4.65. The zero-order valence-corrected chi connectivity index (χ0v) is 24.4. The Morgan fingerprint density at radius 2 is 1.20 bits per heavy atom. The molecule has 6 nitrogen and oxygen atoms in total. The highest BCUT2D eigenvalue weighted by molar-refractivity contribution is 5.86. The standard InChI is InChI=1S/C34H38N2O4/c1-20-14-23(4)31(24(5)15-20)39-33(37)35-29-11-8-27(9-12-29)19-28-10-13-30(22(3)18-28)36-34(38)40-32-25(6)16-21(2)17-26(32)7/h8-17,22H,18-19H2,1-7H3,(H,35,37)(H,36,38). The molecule has 1 aliphatic carbocycles. The van der Waals surface area contributed by atoms with Crippen molar-refractivity contribution in [3.63, 3.8) is 0 Å². The van der Waals surface area contributed by atoms with Gasteiger partial charge in [0.1, 0.15) is 11.5 Å². The van der Waals surface area contributed by atoms with Crippen molar-refractivity contribution in [1.82, 2.24) is 5.32 Å². The Kier molecular flexibility index (Phi) is 8.78. The fraction of sp³-hybridized carbons (Fsp3) is 0.294. The first kappa shape index (κ1) is 28.7. The second kappa shape index (κ2) is 12.2. The van der Waals surface area contributed by atoms with Crippen molar-refractivity contribution in [2.24, 2.45) is 5.92 Å². The first-order chi connectivity index (χ1) is 19.0. The Hall–Kier alpha value is -4.32. The van der Waals surface area contributed by atoms with E-state index in [2.05, 4.69) is 23.6 Å². The number of carbonyl (C=O) groups excluding carboxylic acids is 2. The number of benzene rings is 3. The predicted octanol–water partition coefficient (Wildman–Crippen LogP) is 8.33. The van der Waals surface area contributed by atoms with Crippen LogP contribution in [0.5, 0.6) is 11.5 Å². The van der Waals surface area contributed by atoms with Gasteiger partial charge in [-0.3, -0.25) is 10.6 Å². The summed E-state index contributed by atoms with van der Waals surface area (Å²) in [7, 11) is 0. The van der Waals surface area contributed by atoms with Crippen molar-refractivity contribution >= 4 is 17.9 Å². The van der Waals surface area contributed by atoms with Gasteiger partial charge in [0.2, 0.25) is 0 Å². The topological polar surface area (TPSA) is 76.7 Å². The molecule has 3 aromatic rings. The fourth-order valence-corrected chi connectivity index (χ4v) is 5.33. The summed E-state index contributed by atoms with van der Waals surface area (Å²) >= 11 is 0. The highest BCUT2D eigenvalue weighted by atomic mass is 16.6. The predicted molar refractivity (Wildman–Crippen MR) is 160 cm³/mol. The minimum absolute atomic E-state index is 0.150. The van der Waals surface area contributed by atoms with Gasteiger partial charge in [-0.05, 0) is 100 Å². The van der Waals surface area contributed by atoms with E-state index in [-0.39, 0.29) is 5.92 Å². The first-order valence-corrected chi connectivity index (χ1v) is 13.6. The molecule has 2 N–H and O–H groups in total. The highest BCUT2D eigenvalue weighted by Crippen LogP contribution is 2.28. The molecule has 1 aliphatic rings. The van der Waals surface area contributed by atoms with E-state index in [1.807, 2.05) is 96.1 Å². The Balaban J connectivity index is 1.33. The van der Waals surface area contributed by atoms with Crippen molar-refractivity contribution in [3.8, 4) is 11.5 Å². The lowest BCUT2D eigenvalue weighted by Crippen LogP contribution is -2.30. The number of nitrogens with one attached hydrogen (secondary N) is 2. The van der Waals surface area contributed by atoms with Gasteiger partial charge >= 0.3 is 12.2 Å². The van der Waals surface area contributed by atoms with Crippen LogP contribution in [0.3, 0.4) is 0 Å². The maximum Gasteiger partial charge on any atom is 0.417 e. The Labute approximate surface area is 237 Å². The smallest absolute Gasteiger partial charge is 0.410 e. The molecule has 0 saturated heterocycles. The number of hydrogen-bond acceptors (Lipinski definition) is 4. The van der Waals surface area contributed by atoms with E-state index in [0.717, 1.165) is 57.5 Å². The lowest BCUT2D eigenvalue weighted by atomic mass is 9.89. The fourth-order valence-electron chi connectivity index (χ4n) is 5.33. The van der Waals surface area contributed by atoms with E-state index in [1.54, 1.807) is 0 Å². The quantitative estimate of drug-likeness (QED) is 0.331. The zero-order chi connectivity index (χ0) is 29.0. The van der Waals surface area contributed by atoms with Gasteiger partial charge in [-0.1, -0.05) is 66.1 Å². The van der Waals surface area contributed by atoms with E-state index in [4.69, 9.17) is 9.47 Å². The van der Waals surface area contributed by atoms with Crippen molar-refractivity contribution in [1.29, 1.82) is 0 Å². The molecule has 6 heteroatoms. The van der Waals surface area contributed by atoms with Crippen LogP contribution in [0.4, 0.5) is 15.3 Å². The molecule has 0 bridgehead atoms. The molecule has 2 amide bonds. The van der Waals surface area contributed by atoms with Gasteiger partial charge < -0.3 is 9.47 Å². The zero-order valence-electron chi connectivity index (χ0n) is 24.4. The Morgan fingerprint density at radius 3 is 1.68 bits per heavy atom. The minimum atomic E-state index is -0.511. The number of rotatable bonds is 6. The van der Waals surface area contributed by atoms with E-state index < -0.39 is 12.2 Å². The summed E-state index contributed by atoms with van der Waals surface area (Å²) in [5.41, 5.74) is 9.93. The van der Waals surface area contributed by atoms with Gasteiger partial charge in [0.15, 0.2) is 0 Å². The van der Waals surface area contributed by atoms with Crippen LogP contribution in [0, 0.1) is 47.5 Å². The van der Waals surface area contributed by atoms with E-state index in [0.29, 0.717) is 17.2 Å². The van der Waals surface area contributed by atoms with Gasteiger partial charge in [0, 0.05) is 17.3 Å². The molecule has 208 valence electrons. The summed E-state index contributed by atoms with van der Waals surface area (Å²) in [6, 6.07) is 15.8. The lowest BCUT2D eigenvalue weighted by molar-refractivity contribution is 0.201. The van der Waals surface area contributed by atoms with Crippen LogP contribution < -0.4 is 20.1 Å². The molecule has 0 fully saturated rings. The van der Waals surface area contributed by atoms with Gasteiger partial charge in [-0.2, -0.15) is 0 Å². The number of hydrogen-bond donors (Lipinski definition) is 2. The minimum Gasteiger partial charge on any atom is -0.410 e. The third kappa shape index (κ3) is 7.20. The summed E-state index contributed by atoms with van der Waals surface area (Å²) in [4.78, 5) is 25.1. The summed E-state index contributed by atoms with van der Waals surface area (Å²) in [5, 5.41) is 5.74. The largest absolute Gasteiger partial charge is 0.417 e. The van der Waals surface area contributed by atoms with Crippen LogP contribution in [-0.2, 0) is 6.42 Å². The Morgan fingerprint density at radius 1 is 0.725 bits per heavy atom. The maximum absolute atomic E-state index is 12.6. The molecule has 4 rings (SSSR count). The number of anilines is 1. The van der Waals surface area contributed by atoms with E-state index in [1.165, 1.54) is 5.57 Å². The van der Waals surface area contributed by atoms with Crippen molar-refractivity contribution in [2.45, 2.75) is 61.3 Å². The molecule has 0 aromatic heterocycles. The molecule has 0 radical (unpaired) electrons. The Bertz CT molecular complexity index is 1450. The number of ether oxygens (including phenoxy) is 2. The molecule has 1 unspecified atom stereocenters. The van der Waals surface area contributed by atoms with Crippen molar-refractivity contribution in [2.75, 3.05) is 5.32 Å². The van der Waals surface area contributed by atoms with Crippen LogP contribution in [-0.4, -0.2) is 12.2 Å². The van der Waals surface area contributed by atoms with Crippen LogP contribution in [0.2, 0.25) is 0 Å². The summed E-state index contributed by atoms with van der Waals surface area (Å²) in [5.74, 6) is 1.35. The van der Waals surface area contributed by atoms with Gasteiger partial charge in [-0.25, -0.2) is 9.59 Å². The molecule has 0 spiro atoms. The molecular formula is C34H38N2O4. The normalized spacial score (nSPS) is 14.6. The van der Waals surface area contributed by atoms with E-state index in [9.17, 15) is 9.59 Å². The van der Waals surface area contributed by atoms with Gasteiger partial charge in [0.25, 0.3) is 0 Å². The van der Waals surface area contributed by atoms with Crippen LogP contribution in [0.15, 0.2) is 72.0 Å². The monoisotopic (exact) mass is 538 g/mol. The molecule has 0 saturated carbocycles. The molecule has 0 aliphatic heterocycles. The molecular weight excluding hydrogens is 500 g/mol. The molecule has 1 atom stereocenters. The second-order valence-electron chi connectivity index (χ2n) is 10.9. The number of allylic oxidation sites excluding steroid dienone is 4. The number of carbonyl (C=O) groups is 2. The average molecular weight is 539 g/mol.